The molecule has 148 valence electrons. The van der Waals surface area contributed by atoms with E-state index >= 15 is 0 Å². The van der Waals surface area contributed by atoms with Crippen molar-refractivity contribution >= 4 is 17.5 Å². The lowest BCUT2D eigenvalue weighted by atomic mass is 10.1. The molecule has 0 bridgehead atoms. The maximum atomic E-state index is 12.5. The Bertz CT molecular complexity index is 798. The van der Waals surface area contributed by atoms with Gasteiger partial charge in [0.25, 0.3) is 11.8 Å². The molecule has 1 atom stereocenters. The third kappa shape index (κ3) is 5.57. The third-order valence-corrected chi connectivity index (χ3v) is 4.49. The van der Waals surface area contributed by atoms with Crippen molar-refractivity contribution in [3.8, 4) is 5.75 Å². The van der Waals surface area contributed by atoms with E-state index in [1.807, 2.05) is 6.92 Å². The van der Waals surface area contributed by atoms with E-state index in [1.165, 1.54) is 0 Å². The Morgan fingerprint density at radius 3 is 2.64 bits per heavy atom. The molecule has 1 aliphatic rings. The maximum absolute atomic E-state index is 12.5. The Kier molecular flexibility index (Phi) is 7.03. The lowest BCUT2D eigenvalue weighted by Gasteiger charge is -2.12. The Morgan fingerprint density at radius 2 is 1.93 bits per heavy atom. The number of hydrogen-bond acceptors (Lipinski definition) is 4. The molecule has 2 N–H and O–H groups in total. The Morgan fingerprint density at radius 1 is 1.11 bits per heavy atom. The molecule has 1 heterocycles. The molecule has 0 aliphatic carbocycles. The smallest absolute Gasteiger partial charge is 0.255 e. The summed E-state index contributed by atoms with van der Waals surface area (Å²) in [6, 6.07) is 13.9. The lowest BCUT2D eigenvalue weighted by molar-refractivity contribution is 0.0857. The number of carbonyl (C=O) groups is 2. The minimum atomic E-state index is -0.237. The molecule has 2 aromatic carbocycles. The van der Waals surface area contributed by atoms with Crippen LogP contribution in [0.4, 0.5) is 5.69 Å². The van der Waals surface area contributed by atoms with Gasteiger partial charge in [-0.05, 0) is 61.7 Å². The highest BCUT2D eigenvalue weighted by atomic mass is 16.5. The molecule has 0 spiro atoms. The van der Waals surface area contributed by atoms with Gasteiger partial charge in [0, 0.05) is 30.0 Å². The fourth-order valence-corrected chi connectivity index (χ4v) is 2.98. The summed E-state index contributed by atoms with van der Waals surface area (Å²) in [5.41, 5.74) is 1.59. The molecule has 3 rings (SSSR count). The van der Waals surface area contributed by atoms with Gasteiger partial charge in [0.1, 0.15) is 5.75 Å². The number of benzene rings is 2. The standard InChI is InChI=1S/C22H26N2O4/c1-2-12-27-19-10-8-16(9-11-19)22(26)24-18-6-3-5-17(14-18)21(25)23-15-20-7-4-13-28-20/h3,5-6,8-11,14,20H,2,4,7,12-13,15H2,1H3,(H,23,25)(H,24,26)/t20-/m0/s1. The third-order valence-electron chi connectivity index (χ3n) is 4.49. The number of amides is 2. The largest absolute Gasteiger partial charge is 0.494 e. The molecule has 1 aliphatic heterocycles. The van der Waals surface area contributed by atoms with Crippen molar-refractivity contribution in [3.05, 3.63) is 59.7 Å². The van der Waals surface area contributed by atoms with Crippen LogP contribution in [0.3, 0.4) is 0 Å². The molecular weight excluding hydrogens is 356 g/mol. The van der Waals surface area contributed by atoms with E-state index < -0.39 is 0 Å². The molecule has 1 fully saturated rings. The second-order valence-electron chi connectivity index (χ2n) is 6.75. The number of rotatable bonds is 8. The summed E-state index contributed by atoms with van der Waals surface area (Å²) in [6.07, 6.45) is 3.03. The number of hydrogen-bond donors (Lipinski definition) is 2. The Labute approximate surface area is 165 Å². The van der Waals surface area contributed by atoms with Crippen LogP contribution in [0.2, 0.25) is 0 Å². The SMILES string of the molecule is CCCOc1ccc(C(=O)Nc2cccc(C(=O)NC[C@@H]3CCCO3)c2)cc1. The average molecular weight is 382 g/mol. The van der Waals surface area contributed by atoms with Gasteiger partial charge in [0.05, 0.1) is 12.7 Å². The molecule has 6 heteroatoms. The van der Waals surface area contributed by atoms with Gasteiger partial charge >= 0.3 is 0 Å². The first-order valence-electron chi connectivity index (χ1n) is 9.70. The van der Waals surface area contributed by atoms with Crippen molar-refractivity contribution in [2.45, 2.75) is 32.3 Å². The van der Waals surface area contributed by atoms with Gasteiger partial charge in [-0.1, -0.05) is 13.0 Å². The fourth-order valence-electron chi connectivity index (χ4n) is 2.98. The number of carbonyl (C=O) groups excluding carboxylic acids is 2. The van der Waals surface area contributed by atoms with Gasteiger partial charge in [-0.2, -0.15) is 0 Å². The minimum Gasteiger partial charge on any atom is -0.494 e. The highest BCUT2D eigenvalue weighted by Crippen LogP contribution is 2.16. The first kappa shape index (κ1) is 19.9. The molecule has 0 saturated carbocycles. The van der Waals surface area contributed by atoms with Crippen molar-refractivity contribution < 1.29 is 19.1 Å². The summed E-state index contributed by atoms with van der Waals surface area (Å²) < 4.78 is 11.0. The molecule has 1 saturated heterocycles. The number of nitrogens with one attached hydrogen (secondary N) is 2. The molecule has 28 heavy (non-hydrogen) atoms. The van der Waals surface area contributed by atoms with Crippen LogP contribution in [0, 0.1) is 0 Å². The Balaban J connectivity index is 1.57. The monoisotopic (exact) mass is 382 g/mol. The zero-order valence-corrected chi connectivity index (χ0v) is 16.1. The van der Waals surface area contributed by atoms with Gasteiger partial charge < -0.3 is 20.1 Å². The van der Waals surface area contributed by atoms with Gasteiger partial charge in [0.15, 0.2) is 0 Å². The van der Waals surface area contributed by atoms with Crippen LogP contribution in [-0.2, 0) is 4.74 Å². The second-order valence-corrected chi connectivity index (χ2v) is 6.75. The van der Waals surface area contributed by atoms with Crippen molar-refractivity contribution in [1.29, 1.82) is 0 Å². The predicted octanol–water partition coefficient (Wildman–Crippen LogP) is 3.64. The predicted molar refractivity (Wildman–Crippen MR) is 108 cm³/mol. The molecule has 2 amide bonds. The summed E-state index contributed by atoms with van der Waals surface area (Å²) in [6.45, 7) is 3.95. The average Bonchev–Trinajstić information content (AvgIpc) is 3.24. The minimum absolute atomic E-state index is 0.0936. The van der Waals surface area contributed by atoms with E-state index in [2.05, 4.69) is 10.6 Å². The van der Waals surface area contributed by atoms with Crippen molar-refractivity contribution in [2.24, 2.45) is 0 Å². The van der Waals surface area contributed by atoms with E-state index in [0.717, 1.165) is 31.6 Å². The van der Waals surface area contributed by atoms with E-state index in [1.54, 1.807) is 48.5 Å². The van der Waals surface area contributed by atoms with Gasteiger partial charge in [-0.15, -0.1) is 0 Å². The van der Waals surface area contributed by atoms with E-state index in [-0.39, 0.29) is 17.9 Å². The molecule has 0 unspecified atom stereocenters. The van der Waals surface area contributed by atoms with Gasteiger partial charge in [-0.3, -0.25) is 9.59 Å². The van der Waals surface area contributed by atoms with Crippen molar-refractivity contribution in [1.82, 2.24) is 5.32 Å². The molecule has 6 nitrogen and oxygen atoms in total. The summed E-state index contributed by atoms with van der Waals surface area (Å²) in [5, 5.41) is 5.71. The number of ether oxygens (including phenoxy) is 2. The number of anilines is 1. The van der Waals surface area contributed by atoms with Crippen LogP contribution in [-0.4, -0.2) is 37.7 Å². The molecule has 0 aromatic heterocycles. The summed E-state index contributed by atoms with van der Waals surface area (Å²) in [5.74, 6) is 0.325. The lowest BCUT2D eigenvalue weighted by Crippen LogP contribution is -2.31. The highest BCUT2D eigenvalue weighted by molar-refractivity contribution is 6.05. The first-order valence-corrected chi connectivity index (χ1v) is 9.70. The highest BCUT2D eigenvalue weighted by Gasteiger charge is 2.17. The van der Waals surface area contributed by atoms with Crippen LogP contribution in [0.15, 0.2) is 48.5 Å². The molecule has 0 radical (unpaired) electrons. The second kappa shape index (κ2) is 9.90. The van der Waals surface area contributed by atoms with Gasteiger partial charge in [0.2, 0.25) is 0 Å². The normalized spacial score (nSPS) is 15.8. The van der Waals surface area contributed by atoms with Crippen LogP contribution in [0.25, 0.3) is 0 Å². The summed E-state index contributed by atoms with van der Waals surface area (Å²) >= 11 is 0. The molecular formula is C22H26N2O4. The fraction of sp³-hybridized carbons (Fsp3) is 0.364. The Hall–Kier alpha value is -2.86. The van der Waals surface area contributed by atoms with Crippen molar-refractivity contribution in [2.75, 3.05) is 25.1 Å². The van der Waals surface area contributed by atoms with Crippen LogP contribution in [0.5, 0.6) is 5.75 Å². The van der Waals surface area contributed by atoms with E-state index in [9.17, 15) is 9.59 Å². The van der Waals surface area contributed by atoms with Crippen LogP contribution < -0.4 is 15.4 Å². The zero-order valence-electron chi connectivity index (χ0n) is 16.1. The topological polar surface area (TPSA) is 76.7 Å². The van der Waals surface area contributed by atoms with E-state index in [0.29, 0.717) is 30.0 Å². The van der Waals surface area contributed by atoms with E-state index in [4.69, 9.17) is 9.47 Å². The van der Waals surface area contributed by atoms with Gasteiger partial charge in [-0.25, -0.2) is 0 Å². The molecule has 2 aromatic rings. The zero-order chi connectivity index (χ0) is 19.8. The quantitative estimate of drug-likeness (QED) is 0.731. The van der Waals surface area contributed by atoms with Crippen LogP contribution >= 0.6 is 0 Å². The van der Waals surface area contributed by atoms with Crippen molar-refractivity contribution in [3.63, 3.8) is 0 Å². The maximum Gasteiger partial charge on any atom is 0.255 e. The first-order chi connectivity index (χ1) is 13.7. The van der Waals surface area contributed by atoms with Crippen LogP contribution in [0.1, 0.15) is 46.9 Å². The summed E-state index contributed by atoms with van der Waals surface area (Å²) in [4.78, 5) is 24.8. The summed E-state index contributed by atoms with van der Waals surface area (Å²) in [7, 11) is 0.